The number of carboxylic acids is 1. The van der Waals surface area contributed by atoms with E-state index in [1.807, 2.05) is 6.92 Å². The summed E-state index contributed by atoms with van der Waals surface area (Å²) >= 11 is 0. The van der Waals surface area contributed by atoms with Gasteiger partial charge >= 0.3 is 5.97 Å². The molecule has 1 fully saturated rings. The molecule has 21 heavy (non-hydrogen) atoms. The van der Waals surface area contributed by atoms with Gasteiger partial charge in [0.05, 0.1) is 5.92 Å². The molecule has 2 heterocycles. The predicted octanol–water partition coefficient (Wildman–Crippen LogP) is 3.03. The molecule has 4 heteroatoms. The largest absolute Gasteiger partial charge is 0.481 e. The van der Waals surface area contributed by atoms with Crippen molar-refractivity contribution in [1.82, 2.24) is 9.88 Å². The van der Waals surface area contributed by atoms with Gasteiger partial charge in [0.15, 0.2) is 0 Å². The Morgan fingerprint density at radius 1 is 1.43 bits per heavy atom. The predicted molar refractivity (Wildman–Crippen MR) is 83.3 cm³/mol. The number of rotatable bonds is 4. The quantitative estimate of drug-likeness (QED) is 0.908. The lowest BCUT2D eigenvalue weighted by Gasteiger charge is -2.22. The molecule has 1 aliphatic rings. The standard InChI is InChI=1S/C17H22N2O2/c1-3-12-5-4-6-15-13(9-18-16(12)15)10-19-8-7-14(11(19)2)17(20)21/h4-6,9,11,14,18H,3,7-8,10H2,1-2H3,(H,20,21). The average molecular weight is 286 g/mol. The van der Waals surface area contributed by atoms with E-state index in [1.165, 1.54) is 22.0 Å². The molecule has 2 atom stereocenters. The van der Waals surface area contributed by atoms with Crippen molar-refractivity contribution in [3.8, 4) is 0 Å². The fraction of sp³-hybridized carbons (Fsp3) is 0.471. The van der Waals surface area contributed by atoms with Crippen LogP contribution in [0.5, 0.6) is 0 Å². The molecule has 0 saturated carbocycles. The van der Waals surface area contributed by atoms with Crippen molar-refractivity contribution in [2.45, 2.75) is 39.3 Å². The Morgan fingerprint density at radius 3 is 2.90 bits per heavy atom. The summed E-state index contributed by atoms with van der Waals surface area (Å²) in [7, 11) is 0. The first-order chi connectivity index (χ1) is 10.1. The number of nitrogens with zero attached hydrogens (tertiary/aromatic N) is 1. The van der Waals surface area contributed by atoms with Crippen molar-refractivity contribution in [2.75, 3.05) is 6.54 Å². The van der Waals surface area contributed by atoms with Gasteiger partial charge in [0.1, 0.15) is 0 Å². The van der Waals surface area contributed by atoms with Gasteiger partial charge in [-0.25, -0.2) is 0 Å². The van der Waals surface area contributed by atoms with E-state index in [1.54, 1.807) is 0 Å². The number of nitrogens with one attached hydrogen (secondary N) is 1. The van der Waals surface area contributed by atoms with Crippen LogP contribution < -0.4 is 0 Å². The van der Waals surface area contributed by atoms with Crippen LogP contribution in [0.1, 0.15) is 31.4 Å². The van der Waals surface area contributed by atoms with Gasteiger partial charge in [-0.1, -0.05) is 25.1 Å². The SMILES string of the molecule is CCc1cccc2c(CN3CCC(C(=O)O)C3C)c[nH]c12. The summed E-state index contributed by atoms with van der Waals surface area (Å²) in [4.78, 5) is 16.9. The van der Waals surface area contributed by atoms with Crippen molar-refractivity contribution in [3.63, 3.8) is 0 Å². The molecule has 2 aromatic rings. The number of aromatic nitrogens is 1. The lowest BCUT2D eigenvalue weighted by atomic mass is 10.0. The third-order valence-corrected chi connectivity index (χ3v) is 4.84. The number of carboxylic acid groups (broad SMARTS) is 1. The Morgan fingerprint density at radius 2 is 2.24 bits per heavy atom. The molecule has 112 valence electrons. The highest BCUT2D eigenvalue weighted by molar-refractivity contribution is 5.86. The van der Waals surface area contributed by atoms with Crippen LogP contribution >= 0.6 is 0 Å². The Hall–Kier alpha value is -1.81. The molecule has 2 unspecified atom stereocenters. The average Bonchev–Trinajstić information content (AvgIpc) is 3.04. The molecule has 3 rings (SSSR count). The van der Waals surface area contributed by atoms with Crippen LogP contribution in [0.15, 0.2) is 24.4 Å². The van der Waals surface area contributed by atoms with Crippen LogP contribution in [0.4, 0.5) is 0 Å². The maximum atomic E-state index is 11.2. The molecule has 1 aromatic heterocycles. The zero-order valence-electron chi connectivity index (χ0n) is 12.6. The zero-order valence-corrected chi connectivity index (χ0v) is 12.6. The summed E-state index contributed by atoms with van der Waals surface area (Å²) in [5.74, 6) is -0.904. The number of benzene rings is 1. The van der Waals surface area contributed by atoms with E-state index in [4.69, 9.17) is 0 Å². The maximum absolute atomic E-state index is 11.2. The highest BCUT2D eigenvalue weighted by Crippen LogP contribution is 2.29. The molecular formula is C17H22N2O2. The van der Waals surface area contributed by atoms with Crippen LogP contribution in [-0.2, 0) is 17.8 Å². The fourth-order valence-corrected chi connectivity index (χ4v) is 3.48. The molecule has 0 aliphatic carbocycles. The molecule has 4 nitrogen and oxygen atoms in total. The lowest BCUT2D eigenvalue weighted by Crippen LogP contribution is -2.32. The molecule has 1 saturated heterocycles. The third kappa shape index (κ3) is 2.44. The van der Waals surface area contributed by atoms with Gasteiger partial charge < -0.3 is 10.1 Å². The number of hydrogen-bond donors (Lipinski definition) is 2. The van der Waals surface area contributed by atoms with Gasteiger partial charge in [-0.15, -0.1) is 0 Å². The highest BCUT2D eigenvalue weighted by Gasteiger charge is 2.35. The Labute approximate surface area is 124 Å². The second-order valence-corrected chi connectivity index (χ2v) is 5.95. The van der Waals surface area contributed by atoms with E-state index in [0.29, 0.717) is 0 Å². The first-order valence-electron chi connectivity index (χ1n) is 7.66. The van der Waals surface area contributed by atoms with Crippen molar-refractivity contribution in [1.29, 1.82) is 0 Å². The van der Waals surface area contributed by atoms with Gasteiger partial charge in [-0.05, 0) is 37.4 Å². The number of H-pyrrole nitrogens is 1. The molecule has 1 aliphatic heterocycles. The van der Waals surface area contributed by atoms with Crippen LogP contribution in [0, 0.1) is 5.92 Å². The van der Waals surface area contributed by atoms with E-state index >= 15 is 0 Å². The molecule has 0 bridgehead atoms. The van der Waals surface area contributed by atoms with Crippen LogP contribution in [0.3, 0.4) is 0 Å². The number of likely N-dealkylation sites (tertiary alicyclic amines) is 1. The van der Waals surface area contributed by atoms with Gasteiger partial charge in [-0.3, -0.25) is 9.69 Å². The number of aliphatic carboxylic acids is 1. The minimum absolute atomic E-state index is 0.0989. The molecular weight excluding hydrogens is 264 g/mol. The van der Waals surface area contributed by atoms with E-state index in [0.717, 1.165) is 25.9 Å². The molecule has 2 N–H and O–H groups in total. The van der Waals surface area contributed by atoms with Gasteiger partial charge in [-0.2, -0.15) is 0 Å². The molecule has 0 spiro atoms. The number of para-hydroxylation sites is 1. The van der Waals surface area contributed by atoms with Crippen LogP contribution in [0.2, 0.25) is 0 Å². The highest BCUT2D eigenvalue weighted by atomic mass is 16.4. The zero-order chi connectivity index (χ0) is 15.0. The summed E-state index contributed by atoms with van der Waals surface area (Å²) in [6.45, 7) is 5.86. The summed E-state index contributed by atoms with van der Waals surface area (Å²) in [6, 6.07) is 6.50. The fourth-order valence-electron chi connectivity index (χ4n) is 3.48. The maximum Gasteiger partial charge on any atom is 0.308 e. The normalized spacial score (nSPS) is 23.0. The van der Waals surface area contributed by atoms with Crippen molar-refractivity contribution in [2.24, 2.45) is 5.92 Å². The number of carbonyl (C=O) groups is 1. The Bertz CT molecular complexity index is 662. The minimum atomic E-state index is -0.669. The summed E-state index contributed by atoms with van der Waals surface area (Å²) in [6.07, 6.45) is 3.84. The first-order valence-corrected chi connectivity index (χ1v) is 7.66. The first kappa shape index (κ1) is 14.1. The summed E-state index contributed by atoms with van der Waals surface area (Å²) in [5.41, 5.74) is 3.81. The monoisotopic (exact) mass is 286 g/mol. The molecule has 0 radical (unpaired) electrons. The van der Waals surface area contributed by atoms with Crippen molar-refractivity contribution in [3.05, 3.63) is 35.5 Å². The minimum Gasteiger partial charge on any atom is -0.481 e. The Kier molecular flexibility index (Phi) is 3.72. The lowest BCUT2D eigenvalue weighted by molar-refractivity contribution is -0.142. The third-order valence-electron chi connectivity index (χ3n) is 4.84. The number of aryl methyl sites for hydroxylation is 1. The second-order valence-electron chi connectivity index (χ2n) is 5.95. The van der Waals surface area contributed by atoms with E-state index in [2.05, 4.69) is 41.2 Å². The number of aromatic amines is 1. The van der Waals surface area contributed by atoms with E-state index < -0.39 is 5.97 Å². The Balaban J connectivity index is 1.85. The smallest absolute Gasteiger partial charge is 0.308 e. The van der Waals surface area contributed by atoms with E-state index in [-0.39, 0.29) is 12.0 Å². The summed E-state index contributed by atoms with van der Waals surface area (Å²) < 4.78 is 0. The molecule has 1 aromatic carbocycles. The van der Waals surface area contributed by atoms with Crippen LogP contribution in [0.25, 0.3) is 10.9 Å². The van der Waals surface area contributed by atoms with Gasteiger partial charge in [0, 0.05) is 29.7 Å². The summed E-state index contributed by atoms with van der Waals surface area (Å²) in [5, 5.41) is 10.5. The number of fused-ring (bicyclic) bond motifs is 1. The van der Waals surface area contributed by atoms with Crippen LogP contribution in [-0.4, -0.2) is 33.5 Å². The number of hydrogen-bond acceptors (Lipinski definition) is 2. The van der Waals surface area contributed by atoms with Gasteiger partial charge in [0.25, 0.3) is 0 Å². The molecule has 0 amide bonds. The van der Waals surface area contributed by atoms with Crippen molar-refractivity contribution >= 4 is 16.9 Å². The van der Waals surface area contributed by atoms with Crippen molar-refractivity contribution < 1.29 is 9.90 Å². The topological polar surface area (TPSA) is 56.3 Å². The second kappa shape index (κ2) is 5.53. The van der Waals surface area contributed by atoms with E-state index in [9.17, 15) is 9.90 Å². The van der Waals surface area contributed by atoms with Gasteiger partial charge in [0.2, 0.25) is 0 Å².